The van der Waals surface area contributed by atoms with Gasteiger partial charge in [0.1, 0.15) is 5.60 Å². The van der Waals surface area contributed by atoms with E-state index >= 15 is 0 Å². The van der Waals surface area contributed by atoms with Gasteiger partial charge in [-0.2, -0.15) is 0 Å². The van der Waals surface area contributed by atoms with Crippen LogP contribution in [0.15, 0.2) is 23.2 Å². The summed E-state index contributed by atoms with van der Waals surface area (Å²) >= 11 is 0. The molecule has 0 heterocycles. The Balaban J connectivity index is 0.00000900. The van der Waals surface area contributed by atoms with E-state index in [0.29, 0.717) is 31.4 Å². The van der Waals surface area contributed by atoms with Crippen molar-refractivity contribution in [1.82, 2.24) is 16.0 Å². The number of halogens is 1. The lowest BCUT2D eigenvalue weighted by Gasteiger charge is -2.29. The van der Waals surface area contributed by atoms with Crippen molar-refractivity contribution >= 4 is 36.0 Å². The Bertz CT molecular complexity index is 718. The Morgan fingerprint density at radius 1 is 1.10 bits per heavy atom. The number of hydrogen-bond donors (Lipinski definition) is 3. The van der Waals surface area contributed by atoms with Crippen molar-refractivity contribution in [2.45, 2.75) is 65.6 Å². The SMILES string of the molecule is CCCOc1ccc(CNC(=NC)NCC(C)(C)NC(=O)OC(C)(C)C)cc1OC.I. The van der Waals surface area contributed by atoms with Crippen LogP contribution < -0.4 is 25.4 Å². The molecule has 0 aliphatic heterocycles. The zero-order valence-electron chi connectivity index (χ0n) is 20.0. The minimum Gasteiger partial charge on any atom is -0.493 e. The molecule has 8 nitrogen and oxygen atoms in total. The van der Waals surface area contributed by atoms with Crippen LogP contribution in [0.4, 0.5) is 4.79 Å². The Morgan fingerprint density at radius 3 is 2.32 bits per heavy atom. The number of rotatable bonds is 9. The number of methoxy groups -OCH3 is 1. The Morgan fingerprint density at radius 2 is 1.77 bits per heavy atom. The van der Waals surface area contributed by atoms with E-state index in [1.807, 2.05) is 52.8 Å². The molecule has 31 heavy (non-hydrogen) atoms. The van der Waals surface area contributed by atoms with Crippen LogP contribution >= 0.6 is 24.0 Å². The van der Waals surface area contributed by atoms with Gasteiger partial charge >= 0.3 is 6.09 Å². The highest BCUT2D eigenvalue weighted by Gasteiger charge is 2.24. The summed E-state index contributed by atoms with van der Waals surface area (Å²) in [6.45, 7) is 13.1. The average Bonchev–Trinajstić information content (AvgIpc) is 2.64. The van der Waals surface area contributed by atoms with E-state index in [2.05, 4.69) is 27.9 Å². The number of hydrogen-bond acceptors (Lipinski definition) is 5. The van der Waals surface area contributed by atoms with Crippen LogP contribution in [0.3, 0.4) is 0 Å². The fourth-order valence-corrected chi connectivity index (χ4v) is 2.49. The van der Waals surface area contributed by atoms with Crippen LogP contribution in [0, 0.1) is 0 Å². The van der Waals surface area contributed by atoms with Crippen LogP contribution in [-0.4, -0.2) is 50.5 Å². The minimum absolute atomic E-state index is 0. The third-order valence-electron chi connectivity index (χ3n) is 3.91. The predicted octanol–water partition coefficient (Wildman–Crippen LogP) is 4.07. The summed E-state index contributed by atoms with van der Waals surface area (Å²) in [5.41, 5.74) is -0.0325. The molecule has 1 aromatic carbocycles. The first-order valence-electron chi connectivity index (χ1n) is 10.2. The largest absolute Gasteiger partial charge is 0.493 e. The highest BCUT2D eigenvalue weighted by atomic mass is 127. The molecule has 1 aromatic rings. The van der Waals surface area contributed by atoms with Crippen molar-refractivity contribution in [3.63, 3.8) is 0 Å². The van der Waals surface area contributed by atoms with E-state index < -0.39 is 17.2 Å². The lowest BCUT2D eigenvalue weighted by molar-refractivity contribution is 0.0474. The zero-order chi connectivity index (χ0) is 22.8. The summed E-state index contributed by atoms with van der Waals surface area (Å²) < 4.78 is 16.4. The number of alkyl carbamates (subject to hydrolysis) is 1. The maximum Gasteiger partial charge on any atom is 0.408 e. The van der Waals surface area contributed by atoms with Crippen molar-refractivity contribution in [3.05, 3.63) is 23.8 Å². The van der Waals surface area contributed by atoms with Gasteiger partial charge in [0, 0.05) is 20.1 Å². The van der Waals surface area contributed by atoms with Gasteiger partial charge in [0.15, 0.2) is 17.5 Å². The van der Waals surface area contributed by atoms with E-state index in [-0.39, 0.29) is 24.0 Å². The van der Waals surface area contributed by atoms with E-state index in [9.17, 15) is 4.79 Å². The number of aliphatic imine (C=N–C) groups is 1. The lowest BCUT2D eigenvalue weighted by Crippen LogP contribution is -2.54. The zero-order valence-corrected chi connectivity index (χ0v) is 22.4. The monoisotopic (exact) mass is 550 g/mol. The van der Waals surface area contributed by atoms with Crippen LogP contribution in [0.5, 0.6) is 11.5 Å². The highest BCUT2D eigenvalue weighted by Crippen LogP contribution is 2.28. The summed E-state index contributed by atoms with van der Waals surface area (Å²) in [6.07, 6.45) is 0.489. The van der Waals surface area contributed by atoms with Gasteiger partial charge in [-0.3, -0.25) is 4.99 Å². The molecular formula is C22H39IN4O4. The number of guanidine groups is 1. The van der Waals surface area contributed by atoms with Crippen LogP contribution in [0.25, 0.3) is 0 Å². The molecule has 0 aromatic heterocycles. The van der Waals surface area contributed by atoms with Crippen LogP contribution in [0.2, 0.25) is 0 Å². The quantitative estimate of drug-likeness (QED) is 0.244. The number of nitrogens with one attached hydrogen (secondary N) is 3. The molecule has 0 aliphatic rings. The Hall–Kier alpha value is -1.91. The Labute approximate surface area is 203 Å². The third kappa shape index (κ3) is 11.9. The van der Waals surface area contributed by atoms with E-state index in [1.165, 1.54) is 0 Å². The second-order valence-electron chi connectivity index (χ2n) is 8.62. The van der Waals surface area contributed by atoms with Gasteiger partial charge in [-0.25, -0.2) is 4.79 Å². The molecule has 0 fully saturated rings. The number of nitrogens with zero attached hydrogens (tertiary/aromatic N) is 1. The van der Waals surface area contributed by atoms with Crippen molar-refractivity contribution in [3.8, 4) is 11.5 Å². The average molecular weight is 550 g/mol. The molecule has 9 heteroatoms. The van der Waals surface area contributed by atoms with Gasteiger partial charge in [0.2, 0.25) is 0 Å². The second-order valence-corrected chi connectivity index (χ2v) is 8.62. The maximum atomic E-state index is 12.0. The summed E-state index contributed by atoms with van der Waals surface area (Å²) in [5.74, 6) is 2.06. The number of carbonyl (C=O) groups is 1. The van der Waals surface area contributed by atoms with Crippen molar-refractivity contribution < 1.29 is 19.0 Å². The molecule has 0 saturated carbocycles. The highest BCUT2D eigenvalue weighted by molar-refractivity contribution is 14.0. The summed E-state index contributed by atoms with van der Waals surface area (Å²) in [7, 11) is 3.33. The first kappa shape index (κ1) is 29.1. The molecule has 0 radical (unpaired) electrons. The molecule has 178 valence electrons. The van der Waals surface area contributed by atoms with Gasteiger partial charge < -0.3 is 30.2 Å². The van der Waals surface area contributed by atoms with E-state index in [4.69, 9.17) is 14.2 Å². The predicted molar refractivity (Wildman–Crippen MR) is 136 cm³/mol. The van der Waals surface area contributed by atoms with Crippen molar-refractivity contribution in [2.24, 2.45) is 4.99 Å². The van der Waals surface area contributed by atoms with E-state index in [1.54, 1.807) is 14.2 Å². The fraction of sp³-hybridized carbons (Fsp3) is 0.636. The second kappa shape index (κ2) is 13.5. The molecule has 1 amide bonds. The van der Waals surface area contributed by atoms with Gasteiger partial charge in [0.05, 0.1) is 19.3 Å². The molecule has 0 bridgehead atoms. The molecule has 0 unspecified atom stereocenters. The van der Waals surface area contributed by atoms with E-state index in [0.717, 1.165) is 17.7 Å². The normalized spacial score (nSPS) is 11.8. The van der Waals surface area contributed by atoms with Crippen molar-refractivity contribution in [2.75, 3.05) is 27.3 Å². The van der Waals surface area contributed by atoms with Gasteiger partial charge in [-0.05, 0) is 58.7 Å². The summed E-state index contributed by atoms with van der Waals surface area (Å²) in [6, 6.07) is 5.84. The van der Waals surface area contributed by atoms with Gasteiger partial charge in [-0.1, -0.05) is 13.0 Å². The summed E-state index contributed by atoms with van der Waals surface area (Å²) in [4.78, 5) is 16.3. The Kier molecular flexibility index (Phi) is 12.7. The first-order chi connectivity index (χ1) is 14.0. The molecular weight excluding hydrogens is 511 g/mol. The van der Waals surface area contributed by atoms with Crippen molar-refractivity contribution in [1.29, 1.82) is 0 Å². The topological polar surface area (TPSA) is 93.2 Å². The molecule has 0 saturated heterocycles. The molecule has 0 aliphatic carbocycles. The smallest absolute Gasteiger partial charge is 0.408 e. The number of amides is 1. The number of carbonyl (C=O) groups excluding carboxylic acids is 1. The van der Waals surface area contributed by atoms with Crippen LogP contribution in [-0.2, 0) is 11.3 Å². The van der Waals surface area contributed by atoms with Gasteiger partial charge in [-0.15, -0.1) is 24.0 Å². The third-order valence-corrected chi connectivity index (χ3v) is 3.91. The fourth-order valence-electron chi connectivity index (χ4n) is 2.49. The molecule has 0 atom stereocenters. The molecule has 3 N–H and O–H groups in total. The lowest BCUT2D eigenvalue weighted by atomic mass is 10.1. The number of benzene rings is 1. The standard InChI is InChI=1S/C22H38N4O4.HI/c1-9-12-29-17-11-10-16(13-18(17)28-8)14-24-19(23-7)25-15-22(5,6)26-20(27)30-21(2,3)4;/h10-11,13H,9,12,14-15H2,1-8H3,(H,26,27)(H2,23,24,25);1H. The van der Waals surface area contributed by atoms with Crippen LogP contribution in [0.1, 0.15) is 53.5 Å². The maximum absolute atomic E-state index is 12.0. The first-order valence-corrected chi connectivity index (χ1v) is 10.2. The number of ether oxygens (including phenoxy) is 3. The molecule has 0 spiro atoms. The minimum atomic E-state index is -0.538. The molecule has 1 rings (SSSR count). The van der Waals surface area contributed by atoms with Gasteiger partial charge in [0.25, 0.3) is 0 Å². The summed E-state index contributed by atoms with van der Waals surface area (Å²) in [5, 5.41) is 9.36.